The molecule has 4 heteroatoms. The number of aryl methyl sites for hydroxylation is 1. The van der Waals surface area contributed by atoms with Crippen LogP contribution in [-0.2, 0) is 5.88 Å². The molecule has 72 valence electrons. The van der Waals surface area contributed by atoms with Crippen LogP contribution in [0.3, 0.4) is 0 Å². The van der Waals surface area contributed by atoms with E-state index in [4.69, 9.17) is 11.6 Å². The second-order valence-corrected chi connectivity index (χ2v) is 3.33. The molecular weight excluding hydrogens is 198 g/mol. The van der Waals surface area contributed by atoms with E-state index in [1.807, 2.05) is 31.3 Å². The predicted molar refractivity (Wildman–Crippen MR) is 55.7 cm³/mol. The molecule has 0 saturated carbocycles. The fourth-order valence-electron chi connectivity index (χ4n) is 1.21. The van der Waals surface area contributed by atoms with E-state index in [1.54, 1.807) is 10.9 Å². The Morgan fingerprint density at radius 1 is 1.43 bits per heavy atom. The Balaban J connectivity index is 2.39. The van der Waals surface area contributed by atoms with Gasteiger partial charge in [-0.25, -0.2) is 9.67 Å². The maximum Gasteiger partial charge on any atom is 0.153 e. The van der Waals surface area contributed by atoms with Crippen LogP contribution in [0, 0.1) is 6.92 Å². The Bertz CT molecular complexity index is 436. The normalized spacial score (nSPS) is 10.4. The van der Waals surface area contributed by atoms with Crippen molar-refractivity contribution >= 4 is 11.6 Å². The number of hydrogen-bond acceptors (Lipinski definition) is 2. The third-order valence-electron chi connectivity index (χ3n) is 1.90. The molecule has 0 fully saturated rings. The second-order valence-electron chi connectivity index (χ2n) is 3.06. The highest BCUT2D eigenvalue weighted by Gasteiger charge is 2.00. The number of halogens is 1. The molecule has 0 aromatic carbocycles. The molecule has 0 aliphatic carbocycles. The van der Waals surface area contributed by atoms with Crippen molar-refractivity contribution in [1.29, 1.82) is 0 Å². The van der Waals surface area contributed by atoms with Crippen molar-refractivity contribution in [3.8, 4) is 5.82 Å². The van der Waals surface area contributed by atoms with Gasteiger partial charge in [0.2, 0.25) is 0 Å². The minimum Gasteiger partial charge on any atom is -0.234 e. The van der Waals surface area contributed by atoms with Crippen LogP contribution in [0.25, 0.3) is 5.82 Å². The van der Waals surface area contributed by atoms with Gasteiger partial charge in [0.05, 0.1) is 12.1 Å². The Morgan fingerprint density at radius 3 is 2.93 bits per heavy atom. The van der Waals surface area contributed by atoms with Gasteiger partial charge in [0.1, 0.15) is 0 Å². The van der Waals surface area contributed by atoms with E-state index in [2.05, 4.69) is 10.1 Å². The molecule has 0 unspecified atom stereocenters. The van der Waals surface area contributed by atoms with Crippen molar-refractivity contribution in [3.63, 3.8) is 0 Å². The summed E-state index contributed by atoms with van der Waals surface area (Å²) in [4.78, 5) is 4.35. The van der Waals surface area contributed by atoms with E-state index in [1.165, 1.54) is 0 Å². The number of hydrogen-bond donors (Lipinski definition) is 0. The van der Waals surface area contributed by atoms with Crippen LogP contribution >= 0.6 is 11.6 Å². The zero-order chi connectivity index (χ0) is 9.97. The van der Waals surface area contributed by atoms with Gasteiger partial charge in [-0.3, -0.25) is 0 Å². The highest BCUT2D eigenvalue weighted by Crippen LogP contribution is 2.07. The zero-order valence-electron chi connectivity index (χ0n) is 7.81. The monoisotopic (exact) mass is 207 g/mol. The van der Waals surface area contributed by atoms with E-state index in [-0.39, 0.29) is 0 Å². The van der Waals surface area contributed by atoms with E-state index in [9.17, 15) is 0 Å². The SMILES string of the molecule is Cc1cccc(-n2cc(CCl)cn2)n1. The third kappa shape index (κ3) is 1.77. The summed E-state index contributed by atoms with van der Waals surface area (Å²) in [6.07, 6.45) is 3.63. The maximum absolute atomic E-state index is 5.69. The van der Waals surface area contributed by atoms with Gasteiger partial charge in [-0.2, -0.15) is 5.10 Å². The van der Waals surface area contributed by atoms with Crippen LogP contribution in [0.2, 0.25) is 0 Å². The first-order valence-corrected chi connectivity index (χ1v) is 4.86. The van der Waals surface area contributed by atoms with E-state index >= 15 is 0 Å². The third-order valence-corrected chi connectivity index (χ3v) is 2.21. The lowest BCUT2D eigenvalue weighted by Gasteiger charge is -2.00. The van der Waals surface area contributed by atoms with Gasteiger partial charge in [0.25, 0.3) is 0 Å². The lowest BCUT2D eigenvalue weighted by atomic mass is 10.4. The minimum absolute atomic E-state index is 0.478. The Hall–Kier alpha value is -1.35. The predicted octanol–water partition coefficient (Wildman–Crippen LogP) is 2.31. The molecular formula is C10H10ClN3. The number of nitrogens with zero attached hydrogens (tertiary/aromatic N) is 3. The first kappa shape index (κ1) is 9.21. The molecule has 0 N–H and O–H groups in total. The first-order valence-electron chi connectivity index (χ1n) is 4.33. The highest BCUT2D eigenvalue weighted by atomic mass is 35.5. The summed E-state index contributed by atoms with van der Waals surface area (Å²) >= 11 is 5.69. The van der Waals surface area contributed by atoms with Gasteiger partial charge in [0.15, 0.2) is 5.82 Å². The van der Waals surface area contributed by atoms with E-state index in [0.29, 0.717) is 5.88 Å². The van der Waals surface area contributed by atoms with Gasteiger partial charge in [-0.1, -0.05) is 6.07 Å². The lowest BCUT2D eigenvalue weighted by molar-refractivity contribution is 0.840. The zero-order valence-corrected chi connectivity index (χ0v) is 8.57. The molecule has 14 heavy (non-hydrogen) atoms. The van der Waals surface area contributed by atoms with Gasteiger partial charge in [-0.15, -0.1) is 11.6 Å². The molecule has 0 bridgehead atoms. The summed E-state index contributed by atoms with van der Waals surface area (Å²) in [7, 11) is 0. The van der Waals surface area contributed by atoms with Crippen LogP contribution in [-0.4, -0.2) is 14.8 Å². The largest absolute Gasteiger partial charge is 0.234 e. The van der Waals surface area contributed by atoms with Crippen LogP contribution in [0.5, 0.6) is 0 Å². The van der Waals surface area contributed by atoms with Gasteiger partial charge < -0.3 is 0 Å². The summed E-state index contributed by atoms with van der Waals surface area (Å²) in [6, 6.07) is 5.83. The van der Waals surface area contributed by atoms with Crippen molar-refractivity contribution in [2.75, 3.05) is 0 Å². The number of pyridine rings is 1. The van der Waals surface area contributed by atoms with Crippen molar-refractivity contribution < 1.29 is 0 Å². The Morgan fingerprint density at radius 2 is 2.29 bits per heavy atom. The van der Waals surface area contributed by atoms with Crippen molar-refractivity contribution in [3.05, 3.63) is 41.9 Å². The molecule has 0 saturated heterocycles. The molecule has 2 rings (SSSR count). The molecule has 0 atom stereocenters. The maximum atomic E-state index is 5.69. The number of aromatic nitrogens is 3. The molecule has 0 amide bonds. The molecule has 2 aromatic rings. The van der Waals surface area contributed by atoms with Crippen LogP contribution < -0.4 is 0 Å². The van der Waals surface area contributed by atoms with Crippen LogP contribution in [0.1, 0.15) is 11.3 Å². The molecule has 2 aromatic heterocycles. The molecule has 0 radical (unpaired) electrons. The number of rotatable bonds is 2. The van der Waals surface area contributed by atoms with Crippen molar-refractivity contribution in [1.82, 2.24) is 14.8 Å². The standard InChI is InChI=1S/C10H10ClN3/c1-8-3-2-4-10(13-8)14-7-9(5-11)6-12-14/h2-4,6-7H,5H2,1H3. The summed E-state index contributed by atoms with van der Waals surface area (Å²) in [6.45, 7) is 1.95. The fraction of sp³-hybridized carbons (Fsp3) is 0.200. The first-order chi connectivity index (χ1) is 6.79. The summed E-state index contributed by atoms with van der Waals surface area (Å²) < 4.78 is 1.73. The minimum atomic E-state index is 0.478. The summed E-state index contributed by atoms with van der Waals surface area (Å²) in [5, 5.41) is 4.17. The van der Waals surface area contributed by atoms with Crippen molar-refractivity contribution in [2.24, 2.45) is 0 Å². The molecule has 0 aliphatic heterocycles. The van der Waals surface area contributed by atoms with Gasteiger partial charge in [0, 0.05) is 17.5 Å². The van der Waals surface area contributed by atoms with Gasteiger partial charge in [-0.05, 0) is 19.1 Å². The smallest absolute Gasteiger partial charge is 0.153 e. The quantitative estimate of drug-likeness (QED) is 0.708. The van der Waals surface area contributed by atoms with Crippen molar-refractivity contribution in [2.45, 2.75) is 12.8 Å². The lowest BCUT2D eigenvalue weighted by Crippen LogP contribution is -1.98. The van der Waals surface area contributed by atoms with Gasteiger partial charge >= 0.3 is 0 Å². The summed E-state index contributed by atoms with van der Waals surface area (Å²) in [5.41, 5.74) is 1.97. The van der Waals surface area contributed by atoms with Crippen LogP contribution in [0.4, 0.5) is 0 Å². The second kappa shape index (κ2) is 3.80. The summed E-state index contributed by atoms with van der Waals surface area (Å²) in [5.74, 6) is 1.30. The molecule has 3 nitrogen and oxygen atoms in total. The van der Waals surface area contributed by atoms with E-state index in [0.717, 1.165) is 17.1 Å². The average molecular weight is 208 g/mol. The average Bonchev–Trinajstić information content (AvgIpc) is 2.66. The highest BCUT2D eigenvalue weighted by molar-refractivity contribution is 6.17. The van der Waals surface area contributed by atoms with E-state index < -0.39 is 0 Å². The Kier molecular flexibility index (Phi) is 2.50. The fourth-order valence-corrected chi connectivity index (χ4v) is 1.35. The number of alkyl halides is 1. The molecule has 0 spiro atoms. The Labute approximate surface area is 87.3 Å². The topological polar surface area (TPSA) is 30.7 Å². The molecule has 2 heterocycles. The van der Waals surface area contributed by atoms with Crippen LogP contribution in [0.15, 0.2) is 30.6 Å². The molecule has 0 aliphatic rings.